The summed E-state index contributed by atoms with van der Waals surface area (Å²) in [6.07, 6.45) is 8.39. The molecule has 4 rings (SSSR count). The average molecular weight is 486 g/mol. The van der Waals surface area contributed by atoms with Gasteiger partial charge in [0.25, 0.3) is 5.91 Å². The van der Waals surface area contributed by atoms with E-state index in [1.807, 2.05) is 44.4 Å². The van der Waals surface area contributed by atoms with Gasteiger partial charge in [0, 0.05) is 67.7 Å². The summed E-state index contributed by atoms with van der Waals surface area (Å²) in [5.74, 6) is 6.19. The summed E-state index contributed by atoms with van der Waals surface area (Å²) >= 11 is 0. The SMILES string of the molecule is C[C@H]1CN([C@@H](C)CO)C(=O)c2cc(C#Cc3cccnc3)cnc2O[C@@H]1CN(C)Cc1cccnc1. The largest absolute Gasteiger partial charge is 0.472 e. The van der Waals surface area contributed by atoms with Gasteiger partial charge >= 0.3 is 0 Å². The van der Waals surface area contributed by atoms with Crippen molar-refractivity contribution in [1.29, 1.82) is 0 Å². The molecule has 1 amide bonds. The van der Waals surface area contributed by atoms with Crippen LogP contribution in [0.2, 0.25) is 0 Å². The number of nitrogens with zero attached hydrogens (tertiary/aromatic N) is 5. The minimum atomic E-state index is -0.343. The number of aliphatic hydroxyl groups excluding tert-OH is 1. The maximum Gasteiger partial charge on any atom is 0.259 e. The normalized spacial score (nSPS) is 18.4. The van der Waals surface area contributed by atoms with E-state index in [1.165, 1.54) is 0 Å². The number of fused-ring (bicyclic) bond motifs is 1. The molecular formula is C28H31N5O3. The van der Waals surface area contributed by atoms with Gasteiger partial charge in [0.2, 0.25) is 5.88 Å². The van der Waals surface area contributed by atoms with E-state index in [9.17, 15) is 9.90 Å². The maximum atomic E-state index is 13.6. The van der Waals surface area contributed by atoms with E-state index in [0.29, 0.717) is 24.2 Å². The molecule has 3 atom stereocenters. The number of ether oxygens (including phenoxy) is 1. The summed E-state index contributed by atoms with van der Waals surface area (Å²) in [6, 6.07) is 9.03. The van der Waals surface area contributed by atoms with Crippen LogP contribution in [0, 0.1) is 17.8 Å². The molecular weight excluding hydrogens is 454 g/mol. The van der Waals surface area contributed by atoms with Crippen molar-refractivity contribution < 1.29 is 14.6 Å². The minimum absolute atomic E-state index is 0.0132. The minimum Gasteiger partial charge on any atom is -0.472 e. The van der Waals surface area contributed by atoms with Crippen LogP contribution < -0.4 is 4.74 Å². The first-order valence-corrected chi connectivity index (χ1v) is 12.0. The molecule has 0 fully saturated rings. The maximum absolute atomic E-state index is 13.6. The first-order valence-electron chi connectivity index (χ1n) is 12.0. The topological polar surface area (TPSA) is 91.7 Å². The fourth-order valence-electron chi connectivity index (χ4n) is 4.14. The molecule has 36 heavy (non-hydrogen) atoms. The van der Waals surface area contributed by atoms with Gasteiger partial charge in [-0.3, -0.25) is 19.7 Å². The quantitative estimate of drug-likeness (QED) is 0.537. The average Bonchev–Trinajstić information content (AvgIpc) is 2.90. The Morgan fingerprint density at radius 2 is 1.92 bits per heavy atom. The van der Waals surface area contributed by atoms with Crippen molar-refractivity contribution in [2.24, 2.45) is 5.92 Å². The molecule has 0 saturated heterocycles. The van der Waals surface area contributed by atoms with Crippen molar-refractivity contribution >= 4 is 5.91 Å². The molecule has 0 saturated carbocycles. The van der Waals surface area contributed by atoms with Gasteiger partial charge < -0.3 is 14.7 Å². The lowest BCUT2D eigenvalue weighted by atomic mass is 9.99. The number of hydrogen-bond acceptors (Lipinski definition) is 7. The van der Waals surface area contributed by atoms with Gasteiger partial charge in [-0.1, -0.05) is 24.8 Å². The number of likely N-dealkylation sites (N-methyl/N-ethyl adjacent to an activating group) is 1. The number of amides is 1. The first-order chi connectivity index (χ1) is 17.4. The Morgan fingerprint density at radius 3 is 2.61 bits per heavy atom. The van der Waals surface area contributed by atoms with Crippen LogP contribution in [-0.2, 0) is 6.54 Å². The number of aliphatic hydroxyl groups is 1. The number of aromatic nitrogens is 3. The van der Waals surface area contributed by atoms with Crippen molar-refractivity contribution in [2.75, 3.05) is 26.7 Å². The van der Waals surface area contributed by atoms with Crippen LogP contribution in [0.3, 0.4) is 0 Å². The lowest BCUT2D eigenvalue weighted by molar-refractivity contribution is 0.0325. The standard InChI is InChI=1S/C28H31N5O3/c1-20-16-33(21(2)19-34)28(35)25-12-23(9-8-22-6-4-10-29-13-22)15-31-27(25)36-26(20)18-32(3)17-24-7-5-11-30-14-24/h4-7,10-15,20-21,26,34H,16-19H2,1-3H3/t20-,21-,26+/m0/s1. The summed E-state index contributed by atoms with van der Waals surface area (Å²) in [4.78, 5) is 30.2. The van der Waals surface area contributed by atoms with Gasteiger partial charge in [0.15, 0.2) is 0 Å². The van der Waals surface area contributed by atoms with Crippen LogP contribution in [0.1, 0.15) is 40.9 Å². The van der Waals surface area contributed by atoms with Crippen LogP contribution in [-0.4, -0.2) is 74.7 Å². The molecule has 3 aromatic heterocycles. The molecule has 0 spiro atoms. The predicted octanol–water partition coefficient (Wildman–Crippen LogP) is 2.62. The van der Waals surface area contributed by atoms with Crippen LogP contribution in [0.25, 0.3) is 0 Å². The molecule has 1 N–H and O–H groups in total. The highest BCUT2D eigenvalue weighted by Gasteiger charge is 2.34. The fraction of sp³-hybridized carbons (Fsp3) is 0.357. The third-order valence-corrected chi connectivity index (χ3v) is 6.20. The second-order valence-corrected chi connectivity index (χ2v) is 9.25. The van der Waals surface area contributed by atoms with Crippen molar-refractivity contribution in [3.8, 4) is 17.7 Å². The van der Waals surface area contributed by atoms with E-state index in [4.69, 9.17) is 4.74 Å². The Kier molecular flexibility index (Phi) is 8.26. The Balaban J connectivity index is 1.63. The van der Waals surface area contributed by atoms with Crippen molar-refractivity contribution in [1.82, 2.24) is 24.8 Å². The van der Waals surface area contributed by atoms with Crippen molar-refractivity contribution in [3.05, 3.63) is 83.6 Å². The van der Waals surface area contributed by atoms with Crippen LogP contribution >= 0.6 is 0 Å². The Hall–Kier alpha value is -3.80. The molecule has 3 aromatic rings. The number of carbonyl (C=O) groups excluding carboxylic acids is 1. The highest BCUT2D eigenvalue weighted by Crippen LogP contribution is 2.27. The summed E-state index contributed by atoms with van der Waals surface area (Å²) in [7, 11) is 2.03. The molecule has 0 unspecified atom stereocenters. The number of hydrogen-bond donors (Lipinski definition) is 1. The smallest absolute Gasteiger partial charge is 0.259 e. The van der Waals surface area contributed by atoms with E-state index in [2.05, 4.69) is 38.6 Å². The summed E-state index contributed by atoms with van der Waals surface area (Å²) in [6.45, 7) is 5.58. The van der Waals surface area contributed by atoms with E-state index < -0.39 is 0 Å². The molecule has 186 valence electrons. The highest BCUT2D eigenvalue weighted by atomic mass is 16.5. The van der Waals surface area contributed by atoms with Gasteiger partial charge in [-0.25, -0.2) is 4.98 Å². The second-order valence-electron chi connectivity index (χ2n) is 9.25. The number of carbonyl (C=O) groups is 1. The third-order valence-electron chi connectivity index (χ3n) is 6.20. The zero-order chi connectivity index (χ0) is 25.5. The van der Waals surface area contributed by atoms with E-state index >= 15 is 0 Å². The van der Waals surface area contributed by atoms with Gasteiger partial charge in [0.05, 0.1) is 12.6 Å². The number of pyridine rings is 3. The molecule has 0 bridgehead atoms. The highest BCUT2D eigenvalue weighted by molar-refractivity contribution is 5.97. The zero-order valence-electron chi connectivity index (χ0n) is 20.8. The van der Waals surface area contributed by atoms with Crippen molar-refractivity contribution in [3.63, 3.8) is 0 Å². The Labute approximate surface area is 212 Å². The predicted molar refractivity (Wildman–Crippen MR) is 136 cm³/mol. The molecule has 0 aliphatic carbocycles. The Bertz CT molecular complexity index is 1230. The van der Waals surface area contributed by atoms with Gasteiger partial charge in [-0.2, -0.15) is 0 Å². The molecule has 1 aliphatic rings. The van der Waals surface area contributed by atoms with Crippen LogP contribution in [0.4, 0.5) is 0 Å². The first kappa shape index (κ1) is 25.3. The Morgan fingerprint density at radius 1 is 1.17 bits per heavy atom. The molecule has 0 radical (unpaired) electrons. The van der Waals surface area contributed by atoms with Gasteiger partial charge in [-0.05, 0) is 43.8 Å². The van der Waals surface area contributed by atoms with E-state index in [1.54, 1.807) is 35.8 Å². The summed E-state index contributed by atoms with van der Waals surface area (Å²) in [5, 5.41) is 9.86. The summed E-state index contributed by atoms with van der Waals surface area (Å²) < 4.78 is 6.37. The van der Waals surface area contributed by atoms with Crippen LogP contribution in [0.15, 0.2) is 61.3 Å². The third kappa shape index (κ3) is 6.25. The zero-order valence-corrected chi connectivity index (χ0v) is 20.8. The van der Waals surface area contributed by atoms with Gasteiger partial charge in [-0.15, -0.1) is 0 Å². The molecule has 8 nitrogen and oxygen atoms in total. The molecule has 1 aliphatic heterocycles. The fourth-order valence-corrected chi connectivity index (χ4v) is 4.14. The lowest BCUT2D eigenvalue weighted by Gasteiger charge is -2.37. The summed E-state index contributed by atoms with van der Waals surface area (Å²) in [5.41, 5.74) is 2.83. The number of rotatable bonds is 6. The van der Waals surface area contributed by atoms with Crippen LogP contribution in [0.5, 0.6) is 5.88 Å². The van der Waals surface area contributed by atoms with E-state index in [0.717, 1.165) is 17.7 Å². The van der Waals surface area contributed by atoms with E-state index in [-0.39, 0.29) is 36.5 Å². The van der Waals surface area contributed by atoms with Crippen molar-refractivity contribution in [2.45, 2.75) is 32.5 Å². The lowest BCUT2D eigenvalue weighted by Crippen LogP contribution is -2.49. The molecule has 8 heteroatoms. The van der Waals surface area contributed by atoms with Gasteiger partial charge in [0.1, 0.15) is 11.7 Å². The molecule has 4 heterocycles. The monoisotopic (exact) mass is 485 g/mol. The second kappa shape index (κ2) is 11.8. The molecule has 0 aromatic carbocycles.